The van der Waals surface area contributed by atoms with Gasteiger partial charge in [-0.15, -0.1) is 0 Å². The maximum absolute atomic E-state index is 11.8. The number of hydrogen-bond donors (Lipinski definition) is 1. The molecule has 0 bridgehead atoms. The Morgan fingerprint density at radius 3 is 2.10 bits per heavy atom. The first kappa shape index (κ1) is 16.8. The van der Waals surface area contributed by atoms with Crippen LogP contribution in [0.4, 0.5) is 10.5 Å². The summed E-state index contributed by atoms with van der Waals surface area (Å²) in [4.78, 5) is 11.8. The Kier molecular flexibility index (Phi) is 5.03. The number of sulfonamides is 1. The van der Waals surface area contributed by atoms with Crippen molar-refractivity contribution in [3.63, 3.8) is 0 Å². The van der Waals surface area contributed by atoms with Gasteiger partial charge in [0.25, 0.3) is 0 Å². The average Bonchev–Trinajstić information content (AvgIpc) is 2.93. The second-order valence-corrected chi connectivity index (χ2v) is 7.14. The number of aryl methyl sites for hydroxylation is 2. The smallest absolute Gasteiger partial charge is 0.423 e. The van der Waals surface area contributed by atoms with Crippen molar-refractivity contribution in [2.45, 2.75) is 38.5 Å². The molecule has 0 aliphatic heterocycles. The van der Waals surface area contributed by atoms with Gasteiger partial charge in [-0.25, -0.2) is 8.42 Å². The molecule has 0 spiro atoms. The van der Waals surface area contributed by atoms with Crippen LogP contribution in [0.1, 0.15) is 35.1 Å². The number of amides is 2. The molecule has 0 saturated carbocycles. The third-order valence-corrected chi connectivity index (χ3v) is 4.45. The predicted octanol–water partition coefficient (Wildman–Crippen LogP) is -0.467. The average molecular weight is 316 g/mol. The van der Waals surface area contributed by atoms with Crippen LogP contribution in [0.3, 0.4) is 0 Å². The number of urea groups is 1. The summed E-state index contributed by atoms with van der Waals surface area (Å²) >= 11 is 0. The van der Waals surface area contributed by atoms with Gasteiger partial charge in [0.15, 0.2) is 16.1 Å². The van der Waals surface area contributed by atoms with Crippen LogP contribution < -0.4 is 34.9 Å². The summed E-state index contributed by atoms with van der Waals surface area (Å²) in [5, 5.41) is 2.71. The van der Waals surface area contributed by atoms with Gasteiger partial charge in [-0.1, -0.05) is 6.07 Å². The normalized spacial score (nSPS) is 15.9. The largest absolute Gasteiger partial charge is 1.00 e. The minimum Gasteiger partial charge on any atom is -0.423 e. The molecular weight excluding hydrogens is 299 g/mol. The number of fused-ring (bicyclic) bond motifs is 2. The SMILES string of the molecule is CS(=O)(=O)[N-]C(=O)Nc1c2c(cc3c1CCC3)CCC2.[Na+]. The number of carbonyl (C=O) groups is 1. The number of carbonyl (C=O) groups excluding carboxylic acids is 1. The fraction of sp³-hybridized carbons (Fsp3) is 0.500. The van der Waals surface area contributed by atoms with Crippen molar-refractivity contribution in [1.82, 2.24) is 0 Å². The van der Waals surface area contributed by atoms with Crippen LogP contribution in [-0.4, -0.2) is 20.7 Å². The molecule has 2 aliphatic rings. The van der Waals surface area contributed by atoms with Crippen molar-refractivity contribution in [3.05, 3.63) is 33.0 Å². The van der Waals surface area contributed by atoms with Crippen molar-refractivity contribution < 1.29 is 42.8 Å². The number of nitrogens with zero attached hydrogens (tertiary/aromatic N) is 1. The minimum atomic E-state index is -3.66. The molecule has 0 unspecified atom stereocenters. The molecular formula is C14H17N2NaO3S. The van der Waals surface area contributed by atoms with Crippen molar-refractivity contribution >= 4 is 21.7 Å². The summed E-state index contributed by atoms with van der Waals surface area (Å²) in [7, 11) is -3.66. The van der Waals surface area contributed by atoms with Gasteiger partial charge in [0.05, 0.1) is 0 Å². The van der Waals surface area contributed by atoms with E-state index in [2.05, 4.69) is 16.1 Å². The first-order valence-electron chi connectivity index (χ1n) is 6.84. The topological polar surface area (TPSA) is 77.3 Å². The molecule has 2 amide bonds. The van der Waals surface area contributed by atoms with Gasteiger partial charge >= 0.3 is 29.6 Å². The van der Waals surface area contributed by atoms with Crippen LogP contribution in [0, 0.1) is 0 Å². The van der Waals surface area contributed by atoms with Gasteiger partial charge in [0.1, 0.15) is 0 Å². The molecule has 7 heteroatoms. The molecule has 5 nitrogen and oxygen atoms in total. The van der Waals surface area contributed by atoms with E-state index in [1.54, 1.807) is 0 Å². The molecule has 21 heavy (non-hydrogen) atoms. The van der Waals surface area contributed by atoms with Crippen LogP contribution in [0.2, 0.25) is 0 Å². The van der Waals surface area contributed by atoms with E-state index in [1.165, 1.54) is 22.3 Å². The van der Waals surface area contributed by atoms with Gasteiger partial charge in [0, 0.05) is 6.26 Å². The van der Waals surface area contributed by atoms with Crippen molar-refractivity contribution in [2.75, 3.05) is 11.6 Å². The van der Waals surface area contributed by atoms with E-state index in [0.717, 1.165) is 50.5 Å². The zero-order chi connectivity index (χ0) is 14.3. The molecule has 0 radical (unpaired) electrons. The Bertz CT molecular complexity index is 654. The van der Waals surface area contributed by atoms with E-state index in [4.69, 9.17) is 0 Å². The molecule has 108 valence electrons. The molecule has 0 saturated heterocycles. The van der Waals surface area contributed by atoms with Crippen molar-refractivity contribution in [1.29, 1.82) is 0 Å². The van der Waals surface area contributed by atoms with E-state index >= 15 is 0 Å². The maximum Gasteiger partial charge on any atom is 1.00 e. The number of rotatable bonds is 2. The molecule has 0 heterocycles. The Morgan fingerprint density at radius 2 is 1.62 bits per heavy atom. The quantitative estimate of drug-likeness (QED) is 0.750. The van der Waals surface area contributed by atoms with E-state index in [9.17, 15) is 13.2 Å². The Balaban J connectivity index is 0.00000161. The van der Waals surface area contributed by atoms with E-state index < -0.39 is 16.1 Å². The van der Waals surface area contributed by atoms with E-state index in [0.29, 0.717) is 0 Å². The number of benzene rings is 1. The third-order valence-electron chi connectivity index (χ3n) is 3.95. The summed E-state index contributed by atoms with van der Waals surface area (Å²) in [6.45, 7) is 0. The molecule has 0 fully saturated rings. The number of nitrogens with one attached hydrogen (secondary N) is 1. The third kappa shape index (κ3) is 3.62. The van der Waals surface area contributed by atoms with Gasteiger partial charge in [0.2, 0.25) is 0 Å². The standard InChI is InChI=1S/C14H18N2O3S.Na/c1-20(18,19)16-14(17)15-13-11-6-2-4-9(11)8-10-5-3-7-12(10)13;/h8H,2-7H2,1H3,(H2,15,16,17);/q;+1/p-1. The van der Waals surface area contributed by atoms with Crippen LogP contribution >= 0.6 is 0 Å². The van der Waals surface area contributed by atoms with Gasteiger partial charge in [-0.2, -0.15) is 0 Å². The zero-order valence-electron chi connectivity index (χ0n) is 12.4. The summed E-state index contributed by atoms with van der Waals surface area (Å²) in [5.74, 6) is 0. The molecule has 0 aromatic heterocycles. The molecule has 3 rings (SSSR count). The van der Waals surface area contributed by atoms with Crippen LogP contribution in [0.15, 0.2) is 6.07 Å². The van der Waals surface area contributed by atoms with E-state index in [1.807, 2.05) is 0 Å². The first-order chi connectivity index (χ1) is 9.44. The molecule has 0 atom stereocenters. The zero-order valence-corrected chi connectivity index (χ0v) is 15.2. The second kappa shape index (κ2) is 6.28. The maximum atomic E-state index is 11.8. The summed E-state index contributed by atoms with van der Waals surface area (Å²) < 4.78 is 25.3. The Morgan fingerprint density at radius 1 is 1.10 bits per heavy atom. The summed E-state index contributed by atoms with van der Waals surface area (Å²) in [5.41, 5.74) is 5.75. The van der Waals surface area contributed by atoms with Crippen LogP contribution in [0.5, 0.6) is 0 Å². The van der Waals surface area contributed by atoms with Crippen molar-refractivity contribution in [3.8, 4) is 0 Å². The monoisotopic (exact) mass is 316 g/mol. The van der Waals surface area contributed by atoms with Gasteiger partial charge in [-0.3, -0.25) is 4.79 Å². The van der Waals surface area contributed by atoms with E-state index in [-0.39, 0.29) is 29.6 Å². The summed E-state index contributed by atoms with van der Waals surface area (Å²) in [6, 6.07) is 1.47. The molecule has 1 aromatic rings. The first-order valence-corrected chi connectivity index (χ1v) is 8.69. The van der Waals surface area contributed by atoms with Crippen LogP contribution in [-0.2, 0) is 35.7 Å². The Labute approximate surface area is 147 Å². The van der Waals surface area contributed by atoms with Crippen LogP contribution in [0.25, 0.3) is 4.72 Å². The molecule has 1 aromatic carbocycles. The number of hydrogen-bond acceptors (Lipinski definition) is 3. The second-order valence-electron chi connectivity index (χ2n) is 5.49. The Hall–Kier alpha value is -0.560. The fourth-order valence-electron chi connectivity index (χ4n) is 3.25. The summed E-state index contributed by atoms with van der Waals surface area (Å²) in [6.07, 6.45) is 7.05. The minimum absolute atomic E-state index is 0. The van der Waals surface area contributed by atoms with Gasteiger partial charge < -0.3 is 10.0 Å². The predicted molar refractivity (Wildman–Crippen MR) is 77.7 cm³/mol. The van der Waals surface area contributed by atoms with Crippen molar-refractivity contribution in [2.24, 2.45) is 0 Å². The molecule has 1 N–H and O–H groups in total. The fourth-order valence-corrected chi connectivity index (χ4v) is 3.59. The number of anilines is 1. The van der Waals surface area contributed by atoms with Gasteiger partial charge in [-0.05, 0) is 66.5 Å². The molecule has 2 aliphatic carbocycles.